The van der Waals surface area contributed by atoms with Gasteiger partial charge in [-0.25, -0.2) is 14.0 Å². The number of carbonyl (C=O) groups is 2. The maximum atomic E-state index is 13.2. The van der Waals surface area contributed by atoms with E-state index in [-0.39, 0.29) is 21.7 Å². The van der Waals surface area contributed by atoms with Crippen LogP contribution in [0.3, 0.4) is 0 Å². The van der Waals surface area contributed by atoms with Gasteiger partial charge in [-0.3, -0.25) is 0 Å². The van der Waals surface area contributed by atoms with Gasteiger partial charge in [-0.05, 0) is 18.1 Å². The molecule has 0 saturated carbocycles. The van der Waals surface area contributed by atoms with Crippen molar-refractivity contribution < 1.29 is 19.1 Å². The largest absolute Gasteiger partial charge is 0.480 e. The van der Waals surface area contributed by atoms with E-state index in [9.17, 15) is 14.0 Å². The molecule has 1 aromatic rings. The molecule has 0 spiro atoms. The predicted molar refractivity (Wildman–Crippen MR) is 74.8 cm³/mol. The van der Waals surface area contributed by atoms with Crippen LogP contribution in [-0.4, -0.2) is 23.1 Å². The summed E-state index contributed by atoms with van der Waals surface area (Å²) in [6.07, 6.45) is 0. The molecule has 5 nitrogen and oxygen atoms in total. The fraction of sp³-hybridized carbons (Fsp3) is 0.333. The number of amides is 2. The summed E-state index contributed by atoms with van der Waals surface area (Å²) in [5.41, 5.74) is 0.159. The van der Waals surface area contributed by atoms with Gasteiger partial charge in [0.25, 0.3) is 0 Å². The summed E-state index contributed by atoms with van der Waals surface area (Å²) in [5.74, 6) is -2.23. The number of hydrogen-bond donors (Lipinski definition) is 3. The number of aliphatic carboxylic acids is 1. The molecule has 0 bridgehead atoms. The molecule has 0 heterocycles. The van der Waals surface area contributed by atoms with Gasteiger partial charge in [-0.15, -0.1) is 0 Å². The summed E-state index contributed by atoms with van der Waals surface area (Å²) >= 11 is 11.2. The molecule has 2 amide bonds. The van der Waals surface area contributed by atoms with Gasteiger partial charge in [0.1, 0.15) is 6.04 Å². The summed E-state index contributed by atoms with van der Waals surface area (Å²) in [6, 6.07) is 0.562. The Hall–Kier alpha value is -1.53. The predicted octanol–water partition coefficient (Wildman–Crippen LogP) is 3.36. The van der Waals surface area contributed by atoms with Gasteiger partial charge in [-0.1, -0.05) is 37.0 Å². The lowest BCUT2D eigenvalue weighted by atomic mass is 10.1. The number of hydrogen-bond acceptors (Lipinski definition) is 2. The summed E-state index contributed by atoms with van der Waals surface area (Å²) in [6.45, 7) is 3.31. The molecular weight excluding hydrogens is 310 g/mol. The molecule has 0 aromatic heterocycles. The molecule has 8 heteroatoms. The van der Waals surface area contributed by atoms with Gasteiger partial charge < -0.3 is 15.7 Å². The molecule has 3 N–H and O–H groups in total. The summed E-state index contributed by atoms with van der Waals surface area (Å²) in [5, 5.41) is 13.1. The van der Waals surface area contributed by atoms with Gasteiger partial charge >= 0.3 is 12.0 Å². The van der Waals surface area contributed by atoms with E-state index in [2.05, 4.69) is 10.6 Å². The van der Waals surface area contributed by atoms with E-state index in [1.54, 1.807) is 13.8 Å². The molecule has 1 rings (SSSR count). The van der Waals surface area contributed by atoms with Gasteiger partial charge in [0.2, 0.25) is 0 Å². The fourth-order valence-electron chi connectivity index (χ4n) is 1.45. The normalized spacial score (nSPS) is 12.1. The van der Waals surface area contributed by atoms with Crippen molar-refractivity contribution in [2.24, 2.45) is 5.92 Å². The lowest BCUT2D eigenvalue weighted by Crippen LogP contribution is -2.46. The third-order valence-corrected chi connectivity index (χ3v) is 3.01. The van der Waals surface area contributed by atoms with Crippen LogP contribution in [0.4, 0.5) is 14.9 Å². The highest BCUT2D eigenvalue weighted by Gasteiger charge is 2.23. The van der Waals surface area contributed by atoms with Crippen LogP contribution in [0.25, 0.3) is 0 Å². The Morgan fingerprint density at radius 2 is 1.75 bits per heavy atom. The molecule has 1 aromatic carbocycles. The molecule has 1 unspecified atom stereocenters. The smallest absolute Gasteiger partial charge is 0.326 e. The average Bonchev–Trinajstić information content (AvgIpc) is 2.32. The van der Waals surface area contributed by atoms with Crippen LogP contribution >= 0.6 is 23.2 Å². The molecule has 0 saturated heterocycles. The number of carbonyl (C=O) groups excluding carboxylic acids is 1. The maximum Gasteiger partial charge on any atom is 0.326 e. The van der Waals surface area contributed by atoms with E-state index < -0.39 is 23.9 Å². The summed E-state index contributed by atoms with van der Waals surface area (Å²) < 4.78 is 13.2. The SMILES string of the molecule is CC(C)C(NC(=O)Nc1cc(Cl)c(F)c(Cl)c1)C(=O)O. The zero-order chi connectivity index (χ0) is 15.4. The van der Waals surface area contributed by atoms with Crippen LogP contribution < -0.4 is 10.6 Å². The number of urea groups is 1. The molecule has 110 valence electrons. The van der Waals surface area contributed by atoms with E-state index in [0.29, 0.717) is 0 Å². The minimum absolute atomic E-state index is 0.159. The number of anilines is 1. The first-order chi connectivity index (χ1) is 9.22. The minimum atomic E-state index is -1.15. The number of benzene rings is 1. The monoisotopic (exact) mass is 322 g/mol. The highest BCUT2D eigenvalue weighted by molar-refractivity contribution is 6.35. The number of carboxylic acid groups (broad SMARTS) is 1. The first kappa shape index (κ1) is 16.5. The standard InChI is InChI=1S/C12H13Cl2FN2O3/c1-5(2)10(11(18)19)17-12(20)16-6-3-7(13)9(15)8(14)4-6/h3-5,10H,1-2H3,(H,18,19)(H2,16,17,20). The van der Waals surface area contributed by atoms with E-state index in [1.165, 1.54) is 12.1 Å². The van der Waals surface area contributed by atoms with Crippen LogP contribution in [0.15, 0.2) is 12.1 Å². The highest BCUT2D eigenvalue weighted by Crippen LogP contribution is 2.27. The van der Waals surface area contributed by atoms with Crippen molar-refractivity contribution in [3.05, 3.63) is 28.0 Å². The number of halogens is 3. The van der Waals surface area contributed by atoms with E-state index >= 15 is 0 Å². The number of rotatable bonds is 4. The molecule has 0 radical (unpaired) electrons. The number of carboxylic acids is 1. The molecule has 0 aliphatic heterocycles. The Balaban J connectivity index is 2.78. The Bertz CT molecular complexity index is 514. The molecule has 0 aliphatic carbocycles. The molecule has 0 fully saturated rings. The van der Waals surface area contributed by atoms with Crippen LogP contribution in [0.5, 0.6) is 0 Å². The minimum Gasteiger partial charge on any atom is -0.480 e. The van der Waals surface area contributed by atoms with Crippen LogP contribution in [0.2, 0.25) is 10.0 Å². The third-order valence-electron chi connectivity index (χ3n) is 2.46. The Labute approximate surface area is 125 Å². The summed E-state index contributed by atoms with van der Waals surface area (Å²) in [4.78, 5) is 22.6. The van der Waals surface area contributed by atoms with E-state index in [4.69, 9.17) is 28.3 Å². The molecular formula is C12H13Cl2FN2O3. The zero-order valence-corrected chi connectivity index (χ0v) is 12.2. The second kappa shape index (κ2) is 6.76. The first-order valence-corrected chi connectivity index (χ1v) is 6.42. The van der Waals surface area contributed by atoms with E-state index in [0.717, 1.165) is 0 Å². The second-order valence-corrected chi connectivity index (χ2v) is 5.23. The van der Waals surface area contributed by atoms with Gasteiger partial charge in [0, 0.05) is 5.69 Å². The van der Waals surface area contributed by atoms with Crippen molar-refractivity contribution in [1.29, 1.82) is 0 Å². The van der Waals surface area contributed by atoms with Gasteiger partial charge in [-0.2, -0.15) is 0 Å². The average molecular weight is 323 g/mol. The van der Waals surface area contributed by atoms with Crippen LogP contribution in [0.1, 0.15) is 13.8 Å². The maximum absolute atomic E-state index is 13.2. The van der Waals surface area contributed by atoms with E-state index in [1.807, 2.05) is 0 Å². The van der Waals surface area contributed by atoms with Gasteiger partial charge in [0.05, 0.1) is 10.0 Å². The number of nitrogens with one attached hydrogen (secondary N) is 2. The topological polar surface area (TPSA) is 78.4 Å². The van der Waals surface area contributed by atoms with Crippen molar-refractivity contribution in [1.82, 2.24) is 5.32 Å². The third kappa shape index (κ3) is 4.25. The van der Waals surface area contributed by atoms with Gasteiger partial charge in [0.15, 0.2) is 5.82 Å². The Morgan fingerprint density at radius 3 is 2.15 bits per heavy atom. The second-order valence-electron chi connectivity index (χ2n) is 4.41. The summed E-state index contributed by atoms with van der Waals surface area (Å²) in [7, 11) is 0. The molecule has 1 atom stereocenters. The van der Waals surface area contributed by atoms with Crippen LogP contribution in [0, 0.1) is 11.7 Å². The molecule has 20 heavy (non-hydrogen) atoms. The molecule has 0 aliphatic rings. The van der Waals surface area contributed by atoms with Crippen molar-refractivity contribution in [3.63, 3.8) is 0 Å². The van der Waals surface area contributed by atoms with Crippen molar-refractivity contribution in [2.45, 2.75) is 19.9 Å². The lowest BCUT2D eigenvalue weighted by Gasteiger charge is -2.18. The first-order valence-electron chi connectivity index (χ1n) is 5.67. The van der Waals surface area contributed by atoms with Crippen LogP contribution in [-0.2, 0) is 4.79 Å². The quantitative estimate of drug-likeness (QED) is 0.744. The van der Waals surface area contributed by atoms with Crippen molar-refractivity contribution >= 4 is 40.9 Å². The Kier molecular flexibility index (Phi) is 5.59. The van der Waals surface area contributed by atoms with Crippen molar-refractivity contribution in [3.8, 4) is 0 Å². The fourth-order valence-corrected chi connectivity index (χ4v) is 1.94. The highest BCUT2D eigenvalue weighted by atomic mass is 35.5. The van der Waals surface area contributed by atoms with Crippen molar-refractivity contribution in [2.75, 3.05) is 5.32 Å². The lowest BCUT2D eigenvalue weighted by molar-refractivity contribution is -0.140. The zero-order valence-electron chi connectivity index (χ0n) is 10.7. The Morgan fingerprint density at radius 1 is 1.25 bits per heavy atom.